The number of rotatable bonds is 3. The Balaban J connectivity index is 1.74. The molecular formula is C16H17N5O2. The molecule has 3 heterocycles. The molecule has 1 aliphatic rings. The molecule has 4 rings (SSSR count). The van der Waals surface area contributed by atoms with Crippen LogP contribution in [0.25, 0.3) is 22.3 Å². The van der Waals surface area contributed by atoms with Crippen LogP contribution < -0.4 is 5.32 Å². The maximum absolute atomic E-state index is 12.3. The Morgan fingerprint density at radius 3 is 2.96 bits per heavy atom. The minimum atomic E-state index is -0.384. The fourth-order valence-corrected chi connectivity index (χ4v) is 2.91. The van der Waals surface area contributed by atoms with Crippen LogP contribution in [0.5, 0.6) is 0 Å². The van der Waals surface area contributed by atoms with Gasteiger partial charge in [-0.15, -0.1) is 0 Å². The van der Waals surface area contributed by atoms with Gasteiger partial charge in [0, 0.05) is 19.2 Å². The van der Waals surface area contributed by atoms with Gasteiger partial charge in [0.15, 0.2) is 5.65 Å². The van der Waals surface area contributed by atoms with E-state index in [0.29, 0.717) is 18.1 Å². The average molecular weight is 311 g/mol. The number of benzene rings is 1. The zero-order valence-corrected chi connectivity index (χ0v) is 12.7. The predicted octanol–water partition coefficient (Wildman–Crippen LogP) is 2.08. The van der Waals surface area contributed by atoms with Gasteiger partial charge in [-0.3, -0.25) is 9.89 Å². The van der Waals surface area contributed by atoms with Gasteiger partial charge in [0.1, 0.15) is 17.6 Å². The number of nitrogens with zero attached hydrogens (tertiary/aromatic N) is 3. The molecule has 118 valence electrons. The Labute approximate surface area is 132 Å². The molecule has 1 fully saturated rings. The molecule has 2 aromatic heterocycles. The van der Waals surface area contributed by atoms with Gasteiger partial charge >= 0.3 is 0 Å². The number of aryl methyl sites for hydroxylation is 1. The number of fused-ring (bicyclic) bond motifs is 1. The fourth-order valence-electron chi connectivity index (χ4n) is 2.91. The third-order valence-corrected chi connectivity index (χ3v) is 4.06. The minimum absolute atomic E-state index is 0.143. The first-order valence-electron chi connectivity index (χ1n) is 7.63. The monoisotopic (exact) mass is 311 g/mol. The molecule has 23 heavy (non-hydrogen) atoms. The lowest BCUT2D eigenvalue weighted by atomic mass is 10.1. The highest BCUT2D eigenvalue weighted by atomic mass is 16.5. The number of aromatic amines is 1. The van der Waals surface area contributed by atoms with Crippen LogP contribution in [0.3, 0.4) is 0 Å². The van der Waals surface area contributed by atoms with Crippen LogP contribution in [-0.2, 0) is 16.6 Å². The SMILES string of the molecule is Cn1nc(-c2ccccc2)c2c(NC(=O)[C@@H]3CCCO3)[nH]nc21. The number of anilines is 1. The highest BCUT2D eigenvalue weighted by Crippen LogP contribution is 2.31. The van der Waals surface area contributed by atoms with Gasteiger partial charge in [-0.2, -0.15) is 10.2 Å². The molecule has 1 aliphatic heterocycles. The predicted molar refractivity (Wildman–Crippen MR) is 85.9 cm³/mol. The van der Waals surface area contributed by atoms with E-state index in [1.165, 1.54) is 0 Å². The van der Waals surface area contributed by atoms with E-state index in [1.54, 1.807) is 4.68 Å². The molecule has 0 unspecified atom stereocenters. The first kappa shape index (κ1) is 14.0. The van der Waals surface area contributed by atoms with Crippen LogP contribution in [0.2, 0.25) is 0 Å². The largest absolute Gasteiger partial charge is 0.368 e. The number of aromatic nitrogens is 4. The third-order valence-electron chi connectivity index (χ3n) is 4.06. The van der Waals surface area contributed by atoms with Crippen molar-refractivity contribution in [3.05, 3.63) is 30.3 Å². The number of nitrogens with one attached hydrogen (secondary N) is 2. The first-order valence-corrected chi connectivity index (χ1v) is 7.63. The number of hydrogen-bond donors (Lipinski definition) is 2. The van der Waals surface area contributed by atoms with Gasteiger partial charge < -0.3 is 10.1 Å². The Bertz CT molecular complexity index is 846. The molecule has 1 atom stereocenters. The van der Waals surface area contributed by atoms with Crippen LogP contribution in [0.1, 0.15) is 12.8 Å². The zero-order valence-electron chi connectivity index (χ0n) is 12.7. The number of H-pyrrole nitrogens is 1. The van der Waals surface area contributed by atoms with Crippen LogP contribution in [0.15, 0.2) is 30.3 Å². The third kappa shape index (κ3) is 2.39. The quantitative estimate of drug-likeness (QED) is 0.775. The summed E-state index contributed by atoms with van der Waals surface area (Å²) in [4.78, 5) is 12.3. The van der Waals surface area contributed by atoms with Gasteiger partial charge in [0.05, 0.1) is 5.39 Å². The van der Waals surface area contributed by atoms with E-state index in [0.717, 1.165) is 29.5 Å². The normalized spacial score (nSPS) is 17.7. The van der Waals surface area contributed by atoms with Crippen LogP contribution in [0, 0.1) is 0 Å². The summed E-state index contributed by atoms with van der Waals surface area (Å²) in [5.74, 6) is 0.420. The Morgan fingerprint density at radius 2 is 2.22 bits per heavy atom. The van der Waals surface area contributed by atoms with E-state index >= 15 is 0 Å². The summed E-state index contributed by atoms with van der Waals surface area (Å²) in [6.07, 6.45) is 1.28. The topological polar surface area (TPSA) is 84.8 Å². The Hall–Kier alpha value is -2.67. The number of carbonyl (C=O) groups excluding carboxylic acids is 1. The molecule has 0 bridgehead atoms. The van der Waals surface area contributed by atoms with Gasteiger partial charge in [0.25, 0.3) is 5.91 Å². The van der Waals surface area contributed by atoms with Crippen molar-refractivity contribution >= 4 is 22.8 Å². The van der Waals surface area contributed by atoms with Gasteiger partial charge in [-0.05, 0) is 12.8 Å². The highest BCUT2D eigenvalue weighted by Gasteiger charge is 2.26. The minimum Gasteiger partial charge on any atom is -0.368 e. The molecular weight excluding hydrogens is 294 g/mol. The summed E-state index contributed by atoms with van der Waals surface area (Å²) in [7, 11) is 1.83. The van der Waals surface area contributed by atoms with E-state index in [4.69, 9.17) is 4.74 Å². The van der Waals surface area contributed by atoms with Crippen molar-refractivity contribution in [2.45, 2.75) is 18.9 Å². The van der Waals surface area contributed by atoms with Crippen LogP contribution in [-0.4, -0.2) is 38.6 Å². The van der Waals surface area contributed by atoms with Gasteiger partial charge in [-0.25, -0.2) is 4.68 Å². The maximum atomic E-state index is 12.3. The Kier molecular flexibility index (Phi) is 3.34. The molecule has 0 radical (unpaired) electrons. The molecule has 3 aromatic rings. The van der Waals surface area contributed by atoms with E-state index < -0.39 is 0 Å². The Morgan fingerprint density at radius 1 is 1.39 bits per heavy atom. The average Bonchev–Trinajstić information content (AvgIpc) is 3.28. The van der Waals surface area contributed by atoms with E-state index in [2.05, 4.69) is 20.6 Å². The number of amides is 1. The second-order valence-corrected chi connectivity index (χ2v) is 5.63. The van der Waals surface area contributed by atoms with Crippen molar-refractivity contribution in [2.24, 2.45) is 7.05 Å². The van der Waals surface area contributed by atoms with E-state index in [9.17, 15) is 4.79 Å². The summed E-state index contributed by atoms with van der Waals surface area (Å²) in [5, 5.41) is 15.4. The van der Waals surface area contributed by atoms with Gasteiger partial charge in [-0.1, -0.05) is 30.3 Å². The van der Waals surface area contributed by atoms with E-state index in [-0.39, 0.29) is 12.0 Å². The molecule has 7 nitrogen and oxygen atoms in total. The van der Waals surface area contributed by atoms with Crippen molar-refractivity contribution in [1.29, 1.82) is 0 Å². The number of ether oxygens (including phenoxy) is 1. The molecule has 2 N–H and O–H groups in total. The summed E-state index contributed by atoms with van der Waals surface area (Å²) in [5.41, 5.74) is 2.47. The molecule has 1 saturated heterocycles. The number of hydrogen-bond acceptors (Lipinski definition) is 4. The maximum Gasteiger partial charge on any atom is 0.254 e. The van der Waals surface area contributed by atoms with Crippen molar-refractivity contribution in [2.75, 3.05) is 11.9 Å². The summed E-state index contributed by atoms with van der Waals surface area (Å²) < 4.78 is 7.13. The number of carbonyl (C=O) groups is 1. The van der Waals surface area contributed by atoms with Crippen molar-refractivity contribution in [3.8, 4) is 11.3 Å². The van der Waals surface area contributed by atoms with E-state index in [1.807, 2.05) is 37.4 Å². The summed E-state index contributed by atoms with van der Waals surface area (Å²) in [6.45, 7) is 0.638. The highest BCUT2D eigenvalue weighted by molar-refractivity contribution is 6.05. The van der Waals surface area contributed by atoms with Crippen molar-refractivity contribution in [3.63, 3.8) is 0 Å². The second-order valence-electron chi connectivity index (χ2n) is 5.63. The summed E-state index contributed by atoms with van der Waals surface area (Å²) >= 11 is 0. The van der Waals surface area contributed by atoms with Crippen LogP contribution >= 0.6 is 0 Å². The summed E-state index contributed by atoms with van der Waals surface area (Å²) in [6, 6.07) is 9.85. The molecule has 0 saturated carbocycles. The van der Waals surface area contributed by atoms with Gasteiger partial charge in [0.2, 0.25) is 0 Å². The van der Waals surface area contributed by atoms with Crippen LogP contribution in [0.4, 0.5) is 5.82 Å². The molecule has 0 spiro atoms. The molecule has 0 aliphatic carbocycles. The second kappa shape index (κ2) is 5.51. The van der Waals surface area contributed by atoms with Crippen molar-refractivity contribution < 1.29 is 9.53 Å². The standard InChI is InChI=1S/C16H17N5O2/c1-21-15-12(13(20-21)10-6-3-2-4-7-10)14(18-19-15)17-16(22)11-8-5-9-23-11/h2-4,6-7,11H,5,8-9H2,1H3,(H2,17,18,19,22)/t11-/m0/s1. The molecule has 1 aromatic carbocycles. The lowest BCUT2D eigenvalue weighted by Gasteiger charge is -2.09. The smallest absolute Gasteiger partial charge is 0.254 e. The molecule has 1 amide bonds. The lowest BCUT2D eigenvalue weighted by Crippen LogP contribution is -2.27. The lowest BCUT2D eigenvalue weighted by molar-refractivity contribution is -0.124. The molecule has 7 heteroatoms. The fraction of sp³-hybridized carbons (Fsp3) is 0.312. The zero-order chi connectivity index (χ0) is 15.8. The first-order chi connectivity index (χ1) is 11.2. The van der Waals surface area contributed by atoms with Crippen molar-refractivity contribution in [1.82, 2.24) is 20.0 Å².